The lowest BCUT2D eigenvalue weighted by atomic mass is 10.1. The van der Waals surface area contributed by atoms with Gasteiger partial charge in [0.1, 0.15) is 11.5 Å². The van der Waals surface area contributed by atoms with Crippen LogP contribution in [0.3, 0.4) is 0 Å². The van der Waals surface area contributed by atoms with Crippen molar-refractivity contribution in [3.63, 3.8) is 0 Å². The average molecular weight is 528 g/mol. The summed E-state index contributed by atoms with van der Waals surface area (Å²) in [5, 5.41) is 0. The quantitative estimate of drug-likeness (QED) is 0.385. The minimum absolute atomic E-state index is 0.0318. The molecule has 7 heteroatoms. The van der Waals surface area contributed by atoms with Gasteiger partial charge in [-0.2, -0.15) is 0 Å². The number of ether oxygens (including phenoxy) is 2. The number of methoxy groups -OCH3 is 2. The van der Waals surface area contributed by atoms with Crippen LogP contribution < -0.4 is 9.47 Å². The van der Waals surface area contributed by atoms with Gasteiger partial charge in [-0.15, -0.1) is 0 Å². The number of rotatable bonds is 10. The lowest BCUT2D eigenvalue weighted by Gasteiger charge is -2.36. The Balaban J connectivity index is 1.39. The number of amides is 2. The van der Waals surface area contributed by atoms with Crippen LogP contribution in [0.15, 0.2) is 78.9 Å². The Bertz CT molecular complexity index is 1280. The molecule has 0 saturated carbocycles. The van der Waals surface area contributed by atoms with E-state index in [9.17, 15) is 9.59 Å². The van der Waals surface area contributed by atoms with E-state index in [4.69, 9.17) is 9.47 Å². The van der Waals surface area contributed by atoms with Gasteiger partial charge in [-0.3, -0.25) is 14.5 Å². The summed E-state index contributed by atoms with van der Waals surface area (Å²) in [6, 6.07) is 22.7. The maximum absolute atomic E-state index is 13.5. The number of benzene rings is 3. The molecule has 1 heterocycles. The molecular formula is C32H37N3O4. The van der Waals surface area contributed by atoms with Gasteiger partial charge in [-0.25, -0.2) is 0 Å². The molecule has 0 spiro atoms. The standard InChI is InChI=1S/C32H37N3O4/c1-25-9-4-6-12-29(25)32(37)35-23-20-33(21-24-35)19-22-34(31(36)27-14-16-28(38-2)17-15-27)18-8-11-26-10-5-7-13-30(26)39-3/h4-17H,18-24H2,1-3H3. The van der Waals surface area contributed by atoms with Crippen LogP contribution in [-0.4, -0.2) is 86.5 Å². The molecule has 0 atom stereocenters. The van der Waals surface area contributed by atoms with Crippen molar-refractivity contribution in [2.75, 3.05) is 60.0 Å². The van der Waals surface area contributed by atoms with Crippen molar-refractivity contribution in [2.45, 2.75) is 6.92 Å². The largest absolute Gasteiger partial charge is 0.497 e. The van der Waals surface area contributed by atoms with Gasteiger partial charge in [-0.1, -0.05) is 48.6 Å². The topological polar surface area (TPSA) is 62.3 Å². The average Bonchev–Trinajstić information content (AvgIpc) is 2.99. The van der Waals surface area contributed by atoms with Crippen molar-refractivity contribution in [1.29, 1.82) is 0 Å². The van der Waals surface area contributed by atoms with Crippen LogP contribution in [0.4, 0.5) is 0 Å². The number of carbonyl (C=O) groups excluding carboxylic acids is 2. The first-order chi connectivity index (χ1) is 19.0. The molecule has 0 N–H and O–H groups in total. The first-order valence-electron chi connectivity index (χ1n) is 13.3. The number of hydrogen-bond donors (Lipinski definition) is 0. The van der Waals surface area contributed by atoms with Crippen molar-refractivity contribution < 1.29 is 19.1 Å². The van der Waals surface area contributed by atoms with Crippen molar-refractivity contribution >= 4 is 17.9 Å². The van der Waals surface area contributed by atoms with Crippen molar-refractivity contribution in [2.24, 2.45) is 0 Å². The highest BCUT2D eigenvalue weighted by atomic mass is 16.5. The predicted octanol–water partition coefficient (Wildman–Crippen LogP) is 4.63. The molecule has 3 aromatic carbocycles. The number of piperazine rings is 1. The van der Waals surface area contributed by atoms with Gasteiger partial charge in [0.15, 0.2) is 0 Å². The van der Waals surface area contributed by atoms with Crippen LogP contribution in [0, 0.1) is 6.92 Å². The smallest absolute Gasteiger partial charge is 0.254 e. The number of aryl methyl sites for hydroxylation is 1. The van der Waals surface area contributed by atoms with E-state index in [1.807, 2.05) is 77.4 Å². The molecule has 1 fully saturated rings. The fourth-order valence-electron chi connectivity index (χ4n) is 4.72. The zero-order valence-electron chi connectivity index (χ0n) is 23.0. The second-order valence-electron chi connectivity index (χ2n) is 9.57. The number of carbonyl (C=O) groups is 2. The van der Waals surface area contributed by atoms with E-state index in [0.29, 0.717) is 37.5 Å². The molecule has 2 amide bonds. The molecule has 0 radical (unpaired) electrons. The van der Waals surface area contributed by atoms with Gasteiger partial charge < -0.3 is 19.3 Å². The van der Waals surface area contributed by atoms with Crippen LogP contribution in [-0.2, 0) is 0 Å². The van der Waals surface area contributed by atoms with Crippen LogP contribution in [0.1, 0.15) is 31.8 Å². The zero-order valence-corrected chi connectivity index (χ0v) is 23.0. The molecule has 204 valence electrons. The Hall–Kier alpha value is -4.10. The molecule has 3 aromatic rings. The normalized spacial score (nSPS) is 13.9. The number of nitrogens with zero attached hydrogens (tertiary/aromatic N) is 3. The second-order valence-corrected chi connectivity index (χ2v) is 9.57. The monoisotopic (exact) mass is 527 g/mol. The highest BCUT2D eigenvalue weighted by Crippen LogP contribution is 2.19. The maximum Gasteiger partial charge on any atom is 0.254 e. The van der Waals surface area contributed by atoms with E-state index in [-0.39, 0.29) is 11.8 Å². The summed E-state index contributed by atoms with van der Waals surface area (Å²) in [6.45, 7) is 6.65. The SMILES string of the molecule is COc1ccc(C(=O)N(CC=Cc2ccccc2OC)CCN2CCN(C(=O)c3ccccc3C)CC2)cc1. The van der Waals surface area contributed by atoms with Gasteiger partial charge >= 0.3 is 0 Å². The third kappa shape index (κ3) is 7.27. The van der Waals surface area contributed by atoms with Crippen LogP contribution >= 0.6 is 0 Å². The van der Waals surface area contributed by atoms with E-state index in [1.54, 1.807) is 38.5 Å². The van der Waals surface area contributed by atoms with Crippen molar-refractivity contribution in [3.05, 3.63) is 101 Å². The highest BCUT2D eigenvalue weighted by molar-refractivity contribution is 5.96. The van der Waals surface area contributed by atoms with E-state index in [0.717, 1.165) is 42.1 Å². The Morgan fingerprint density at radius 2 is 1.56 bits per heavy atom. The molecule has 1 aliphatic rings. The molecular weight excluding hydrogens is 490 g/mol. The summed E-state index contributed by atoms with van der Waals surface area (Å²) in [6.07, 6.45) is 3.99. The fraction of sp³-hybridized carbons (Fsp3) is 0.312. The Morgan fingerprint density at radius 3 is 2.26 bits per heavy atom. The summed E-state index contributed by atoms with van der Waals surface area (Å²) in [5.74, 6) is 1.56. The predicted molar refractivity (Wildman–Crippen MR) is 154 cm³/mol. The van der Waals surface area contributed by atoms with E-state index < -0.39 is 0 Å². The molecule has 7 nitrogen and oxygen atoms in total. The molecule has 0 bridgehead atoms. The first kappa shape index (κ1) is 27.9. The van der Waals surface area contributed by atoms with E-state index in [2.05, 4.69) is 4.90 Å². The van der Waals surface area contributed by atoms with E-state index in [1.165, 1.54) is 0 Å². The molecule has 1 saturated heterocycles. The van der Waals surface area contributed by atoms with Gasteiger partial charge in [0.2, 0.25) is 0 Å². The van der Waals surface area contributed by atoms with Crippen LogP contribution in [0.25, 0.3) is 6.08 Å². The van der Waals surface area contributed by atoms with E-state index >= 15 is 0 Å². The zero-order chi connectivity index (χ0) is 27.6. The molecule has 0 aromatic heterocycles. The van der Waals surface area contributed by atoms with Crippen LogP contribution in [0.2, 0.25) is 0 Å². The van der Waals surface area contributed by atoms with Gasteiger partial charge in [0.25, 0.3) is 11.8 Å². The lowest BCUT2D eigenvalue weighted by Crippen LogP contribution is -2.50. The maximum atomic E-state index is 13.5. The third-order valence-electron chi connectivity index (χ3n) is 7.11. The lowest BCUT2D eigenvalue weighted by molar-refractivity contribution is 0.0609. The second kappa shape index (κ2) is 13.6. The molecule has 39 heavy (non-hydrogen) atoms. The van der Waals surface area contributed by atoms with Crippen molar-refractivity contribution in [3.8, 4) is 11.5 Å². The Labute approximate surface area is 231 Å². The summed E-state index contributed by atoms with van der Waals surface area (Å²) < 4.78 is 10.7. The molecule has 0 aliphatic carbocycles. The number of hydrogen-bond acceptors (Lipinski definition) is 5. The highest BCUT2D eigenvalue weighted by Gasteiger charge is 2.24. The summed E-state index contributed by atoms with van der Waals surface area (Å²) in [4.78, 5) is 32.6. The summed E-state index contributed by atoms with van der Waals surface area (Å²) >= 11 is 0. The third-order valence-corrected chi connectivity index (χ3v) is 7.11. The minimum atomic E-state index is -0.0318. The Morgan fingerprint density at radius 1 is 0.872 bits per heavy atom. The minimum Gasteiger partial charge on any atom is -0.497 e. The molecule has 1 aliphatic heterocycles. The first-order valence-corrected chi connectivity index (χ1v) is 13.3. The van der Waals surface area contributed by atoms with Gasteiger partial charge in [-0.05, 0) is 48.9 Å². The fourth-order valence-corrected chi connectivity index (χ4v) is 4.72. The van der Waals surface area contributed by atoms with Crippen LogP contribution in [0.5, 0.6) is 11.5 Å². The molecule has 4 rings (SSSR count). The van der Waals surface area contributed by atoms with Gasteiger partial charge in [0, 0.05) is 62.5 Å². The van der Waals surface area contributed by atoms with Crippen molar-refractivity contribution in [1.82, 2.24) is 14.7 Å². The molecule has 0 unspecified atom stereocenters. The number of para-hydroxylation sites is 1. The summed E-state index contributed by atoms with van der Waals surface area (Å²) in [7, 11) is 3.26. The summed E-state index contributed by atoms with van der Waals surface area (Å²) in [5.41, 5.74) is 3.35. The van der Waals surface area contributed by atoms with Gasteiger partial charge in [0.05, 0.1) is 14.2 Å². The Kier molecular flexibility index (Phi) is 9.75.